The van der Waals surface area contributed by atoms with Crippen LogP contribution in [0.4, 0.5) is 0 Å². The van der Waals surface area contributed by atoms with Crippen molar-refractivity contribution >= 4 is 35.2 Å². The van der Waals surface area contributed by atoms with Gasteiger partial charge >= 0.3 is 7.82 Å². The van der Waals surface area contributed by atoms with Crippen LogP contribution >= 0.6 is 19.4 Å². The Balaban J connectivity index is 2.27. The number of rotatable bonds is 9. The van der Waals surface area contributed by atoms with E-state index in [2.05, 4.69) is 16.8 Å². The summed E-state index contributed by atoms with van der Waals surface area (Å²) in [7, 11) is -7.61. The van der Waals surface area contributed by atoms with Crippen LogP contribution < -0.4 is 5.32 Å². The molecule has 1 unspecified atom stereocenters. The first kappa shape index (κ1) is 28.9. The second kappa shape index (κ2) is 11.2. The van der Waals surface area contributed by atoms with Gasteiger partial charge in [0.1, 0.15) is 24.4 Å². The Hall–Kier alpha value is -0.340. The van der Waals surface area contributed by atoms with E-state index >= 15 is 0 Å². The summed E-state index contributed by atoms with van der Waals surface area (Å²) in [6.45, 7) is 4.31. The van der Waals surface area contributed by atoms with E-state index in [-0.39, 0.29) is 5.91 Å². The lowest BCUT2D eigenvalue weighted by Gasteiger charge is -2.45. The number of nitrogens with zero attached hydrogens (tertiary/aromatic N) is 1. The predicted molar refractivity (Wildman–Crippen MR) is 119 cm³/mol. The second-order valence-corrected chi connectivity index (χ2v) is 12.9. The van der Waals surface area contributed by atoms with Crippen molar-refractivity contribution in [2.75, 3.05) is 19.8 Å². The van der Waals surface area contributed by atoms with Gasteiger partial charge in [0.15, 0.2) is 15.3 Å². The molecule has 2 saturated heterocycles. The molecule has 0 aliphatic carbocycles. The number of halogens is 1. The summed E-state index contributed by atoms with van der Waals surface area (Å²) >= 11 is 6.25. The molecule has 0 aromatic heterocycles. The highest BCUT2D eigenvalue weighted by Crippen LogP contribution is 2.42. The number of aliphatic hydroxyl groups is 2. The minimum Gasteiger partial charge on any atom is -0.388 e. The highest BCUT2D eigenvalue weighted by atomic mass is 35.5. The van der Waals surface area contributed by atoms with Gasteiger partial charge in [-0.1, -0.05) is 13.3 Å². The lowest BCUT2D eigenvalue weighted by atomic mass is 9.92. The first-order valence-corrected chi connectivity index (χ1v) is 14.6. The average Bonchev–Trinajstić information content (AvgIpc) is 3.02. The fourth-order valence-electron chi connectivity index (χ4n) is 4.52. The van der Waals surface area contributed by atoms with Crippen LogP contribution in [0, 0.1) is 5.92 Å². The quantitative estimate of drug-likeness (QED) is 0.183. The molecular weight excluding hydrogens is 503 g/mol. The van der Waals surface area contributed by atoms with Crippen LogP contribution in [0.2, 0.25) is 0 Å². The number of likely N-dealkylation sites (N-methyl/N-ethyl adjacent to an activating group) is 1. The summed E-state index contributed by atoms with van der Waals surface area (Å²) in [6, 6.07) is -1.58. The van der Waals surface area contributed by atoms with Gasteiger partial charge in [0.25, 0.3) is 0 Å². The number of likely N-dealkylation sites (tertiary alicyclic amines) is 1. The van der Waals surface area contributed by atoms with Gasteiger partial charge in [-0.15, -0.1) is 11.6 Å². The molecule has 12 nitrogen and oxygen atoms in total. The van der Waals surface area contributed by atoms with Gasteiger partial charge < -0.3 is 30.1 Å². The number of amides is 1. The number of hydrogen-bond acceptors (Lipinski definition) is 9. The number of nitrogens with one attached hydrogen (secondary N) is 1. The van der Waals surface area contributed by atoms with Gasteiger partial charge in [-0.3, -0.25) is 14.2 Å². The molecule has 1 amide bonds. The molecule has 0 saturated carbocycles. The third-order valence-corrected chi connectivity index (χ3v) is 8.07. The maximum Gasteiger partial charge on any atom is 0.470 e. The summed E-state index contributed by atoms with van der Waals surface area (Å²) in [4.78, 5) is 33.1. The zero-order valence-corrected chi connectivity index (χ0v) is 21.4. The monoisotopic (exact) mass is 536 g/mol. The van der Waals surface area contributed by atoms with Crippen molar-refractivity contribution in [3.63, 3.8) is 0 Å². The smallest absolute Gasteiger partial charge is 0.388 e. The molecule has 5 N–H and O–H groups in total. The average molecular weight is 537 g/mol. The minimum absolute atomic E-state index is 0.348. The van der Waals surface area contributed by atoms with Crippen molar-refractivity contribution in [1.82, 2.24) is 10.2 Å². The number of carbonyl (C=O) groups is 1. The largest absolute Gasteiger partial charge is 0.470 e. The van der Waals surface area contributed by atoms with Crippen molar-refractivity contribution in [3.05, 3.63) is 0 Å². The first-order valence-electron chi connectivity index (χ1n) is 10.7. The van der Waals surface area contributed by atoms with Crippen LogP contribution in [-0.4, -0.2) is 106 Å². The fraction of sp³-hybridized carbons (Fsp3) is 0.944. The second-order valence-electron chi connectivity index (χ2n) is 8.90. The molecule has 0 aromatic carbocycles. The molecule has 33 heavy (non-hydrogen) atoms. The number of phosphoric acid groups is 1. The molecule has 2 rings (SSSR count). The van der Waals surface area contributed by atoms with Crippen molar-refractivity contribution in [1.29, 1.82) is 0 Å². The molecule has 2 fully saturated rings. The Labute approximate surface area is 198 Å². The fourth-order valence-corrected chi connectivity index (χ4v) is 6.40. The van der Waals surface area contributed by atoms with E-state index < -0.39 is 65.0 Å². The number of ether oxygens (including phenoxy) is 1. The van der Waals surface area contributed by atoms with E-state index in [9.17, 15) is 28.0 Å². The van der Waals surface area contributed by atoms with E-state index in [4.69, 9.17) is 26.1 Å². The van der Waals surface area contributed by atoms with E-state index in [0.717, 1.165) is 25.6 Å². The number of phosphoric ester groups is 1. The van der Waals surface area contributed by atoms with E-state index in [1.54, 1.807) is 0 Å². The van der Waals surface area contributed by atoms with Crippen LogP contribution in [0.25, 0.3) is 0 Å². The summed E-state index contributed by atoms with van der Waals surface area (Å²) < 4.78 is 45.7. The van der Waals surface area contributed by atoms with Crippen LogP contribution in [0.15, 0.2) is 0 Å². The third kappa shape index (κ3) is 7.33. The highest BCUT2D eigenvalue weighted by Gasteiger charge is 2.54. The normalized spacial score (nSPS) is 35.8. The summed E-state index contributed by atoms with van der Waals surface area (Å²) in [5.74, 6) is -0.0375. The number of sulfone groups is 1. The predicted octanol–water partition coefficient (Wildman–Crippen LogP) is -0.812. The van der Waals surface area contributed by atoms with Gasteiger partial charge in [-0.2, -0.15) is 0 Å². The van der Waals surface area contributed by atoms with Crippen molar-refractivity contribution < 1.29 is 47.0 Å². The van der Waals surface area contributed by atoms with E-state index in [1.807, 2.05) is 11.9 Å². The zero-order chi connectivity index (χ0) is 25.3. The molecule has 15 heteroatoms. The SMILES string of the molecule is CCC[C@@H]1CC(C(=O)N[C@@H]([C@H]2O[C@H](S(C)(=O)=O)[C@H](OP(=O)(O)O)[C@@H](O)[C@H]2O)[C@H](C)Cl)N(C)C1. The van der Waals surface area contributed by atoms with Gasteiger partial charge in [0, 0.05) is 12.8 Å². The van der Waals surface area contributed by atoms with Crippen molar-refractivity contribution in [2.45, 2.75) is 80.4 Å². The Kier molecular flexibility index (Phi) is 9.76. The third-order valence-electron chi connectivity index (χ3n) is 6.06. The topological polar surface area (TPSA) is 183 Å². The molecular formula is C18H34ClN2O10PS. The summed E-state index contributed by atoms with van der Waals surface area (Å²) in [6.07, 6.45) is -4.16. The molecule has 9 atom stereocenters. The lowest BCUT2D eigenvalue weighted by Crippen LogP contribution is -2.67. The lowest BCUT2D eigenvalue weighted by molar-refractivity contribution is -0.203. The zero-order valence-electron chi connectivity index (χ0n) is 18.9. The van der Waals surface area contributed by atoms with Crippen LogP contribution in [0.5, 0.6) is 0 Å². The number of carbonyl (C=O) groups excluding carboxylic acids is 1. The van der Waals surface area contributed by atoms with Gasteiger partial charge in [-0.25, -0.2) is 13.0 Å². The Morgan fingerprint density at radius 2 is 1.94 bits per heavy atom. The van der Waals surface area contributed by atoms with Crippen molar-refractivity contribution in [2.24, 2.45) is 5.92 Å². The molecule has 194 valence electrons. The minimum atomic E-state index is -5.24. The molecule has 2 aliphatic rings. The highest BCUT2D eigenvalue weighted by molar-refractivity contribution is 7.91. The first-order chi connectivity index (χ1) is 15.1. The summed E-state index contributed by atoms with van der Waals surface area (Å²) in [5.41, 5.74) is -2.02. The standard InChI is InChI=1S/C18H34ClN2O10PS/c1-5-6-10-7-11(21(3)8-10)17(24)20-12(9(2)19)15-13(22)14(23)16(31-32(25,26)27)18(30-15)33(4,28)29/h9-16,18,22-23H,5-8H2,1-4H3,(H,20,24)(H2,25,26,27)/t9-,10+,11?,12+,13+,14-,15+,16+,18+/m0/s1. The molecule has 0 bridgehead atoms. The Morgan fingerprint density at radius 3 is 2.42 bits per heavy atom. The Bertz CT molecular complexity index is 840. The Morgan fingerprint density at radius 1 is 1.33 bits per heavy atom. The molecule has 2 heterocycles. The number of aliphatic hydroxyl groups excluding tert-OH is 2. The van der Waals surface area contributed by atoms with E-state index in [0.29, 0.717) is 12.3 Å². The van der Waals surface area contributed by atoms with Crippen LogP contribution in [-0.2, 0) is 28.5 Å². The van der Waals surface area contributed by atoms with Gasteiger partial charge in [0.05, 0.1) is 17.5 Å². The molecule has 0 radical (unpaired) electrons. The number of alkyl halides is 1. The molecule has 2 aliphatic heterocycles. The maximum atomic E-state index is 13.0. The van der Waals surface area contributed by atoms with E-state index in [1.165, 1.54) is 6.92 Å². The van der Waals surface area contributed by atoms with Gasteiger partial charge in [0.2, 0.25) is 5.91 Å². The van der Waals surface area contributed by atoms with Crippen molar-refractivity contribution in [3.8, 4) is 0 Å². The molecule has 0 aromatic rings. The molecule has 0 spiro atoms. The van der Waals surface area contributed by atoms with Gasteiger partial charge in [-0.05, 0) is 32.7 Å². The number of hydrogen-bond donors (Lipinski definition) is 5. The summed E-state index contributed by atoms with van der Waals surface area (Å²) in [5, 5.41) is 23.0. The van der Waals surface area contributed by atoms with Crippen LogP contribution in [0.1, 0.15) is 33.1 Å². The maximum absolute atomic E-state index is 13.0. The van der Waals surface area contributed by atoms with Crippen LogP contribution in [0.3, 0.4) is 0 Å².